The van der Waals surface area contributed by atoms with E-state index in [-0.39, 0.29) is 12.0 Å². The third-order valence-corrected chi connectivity index (χ3v) is 4.99. The molecule has 2 aromatic carbocycles. The van der Waals surface area contributed by atoms with E-state index in [9.17, 15) is 4.79 Å². The van der Waals surface area contributed by atoms with E-state index in [1.54, 1.807) is 7.11 Å². The summed E-state index contributed by atoms with van der Waals surface area (Å²) in [5.41, 5.74) is 4.12. The first-order valence-electron chi connectivity index (χ1n) is 9.28. The predicted octanol–water partition coefficient (Wildman–Crippen LogP) is 4.31. The highest BCUT2D eigenvalue weighted by Crippen LogP contribution is 2.27. The lowest BCUT2D eigenvalue weighted by Crippen LogP contribution is -2.37. The molecular formula is C22H27NO3. The molecule has 1 amide bonds. The molecule has 0 radical (unpaired) electrons. The van der Waals surface area contributed by atoms with Crippen molar-refractivity contribution in [1.82, 2.24) is 4.90 Å². The molecule has 1 aliphatic heterocycles. The smallest absolute Gasteiger partial charge is 0.253 e. The van der Waals surface area contributed by atoms with Crippen molar-refractivity contribution in [3.05, 3.63) is 53.6 Å². The zero-order chi connectivity index (χ0) is 18.5. The fourth-order valence-corrected chi connectivity index (χ4v) is 3.45. The van der Waals surface area contributed by atoms with Gasteiger partial charge in [0.15, 0.2) is 0 Å². The first-order valence-corrected chi connectivity index (χ1v) is 9.28. The summed E-state index contributed by atoms with van der Waals surface area (Å²) in [6.45, 7) is 6.26. The summed E-state index contributed by atoms with van der Waals surface area (Å²) in [5.74, 6) is 0.923. The van der Waals surface area contributed by atoms with Crippen molar-refractivity contribution in [3.8, 4) is 16.9 Å². The van der Waals surface area contributed by atoms with Gasteiger partial charge < -0.3 is 14.4 Å². The van der Waals surface area contributed by atoms with Crippen molar-refractivity contribution in [3.63, 3.8) is 0 Å². The van der Waals surface area contributed by atoms with Crippen LogP contribution >= 0.6 is 0 Å². The lowest BCUT2D eigenvalue weighted by molar-refractivity contribution is 0.0539. The summed E-state index contributed by atoms with van der Waals surface area (Å²) in [7, 11) is 1.67. The van der Waals surface area contributed by atoms with Gasteiger partial charge in [0.25, 0.3) is 5.91 Å². The van der Waals surface area contributed by atoms with Crippen molar-refractivity contribution in [1.29, 1.82) is 0 Å². The molecule has 4 heteroatoms. The van der Waals surface area contributed by atoms with Crippen LogP contribution in [-0.2, 0) is 4.74 Å². The lowest BCUT2D eigenvalue weighted by atomic mass is 9.99. The average molecular weight is 353 g/mol. The minimum Gasteiger partial charge on any atom is -0.497 e. The third-order valence-electron chi connectivity index (χ3n) is 4.99. The van der Waals surface area contributed by atoms with Crippen LogP contribution in [-0.4, -0.2) is 43.7 Å². The highest BCUT2D eigenvalue weighted by molar-refractivity contribution is 5.94. The zero-order valence-electron chi connectivity index (χ0n) is 15.8. The van der Waals surface area contributed by atoms with Gasteiger partial charge in [-0.1, -0.05) is 18.2 Å². The van der Waals surface area contributed by atoms with Crippen LogP contribution in [0.5, 0.6) is 5.75 Å². The van der Waals surface area contributed by atoms with Gasteiger partial charge in [-0.25, -0.2) is 0 Å². The van der Waals surface area contributed by atoms with E-state index in [0.717, 1.165) is 47.5 Å². The second-order valence-electron chi connectivity index (χ2n) is 6.74. The molecule has 0 aliphatic carbocycles. The molecule has 0 N–H and O–H groups in total. The Morgan fingerprint density at radius 1 is 1.23 bits per heavy atom. The second kappa shape index (κ2) is 8.37. The minimum atomic E-state index is 0.0704. The molecule has 0 bridgehead atoms. The van der Waals surface area contributed by atoms with Crippen LogP contribution in [0.25, 0.3) is 11.1 Å². The maximum absolute atomic E-state index is 12.8. The fraction of sp³-hybridized carbons (Fsp3) is 0.409. The van der Waals surface area contributed by atoms with E-state index >= 15 is 0 Å². The van der Waals surface area contributed by atoms with E-state index in [2.05, 4.69) is 13.0 Å². The number of carbonyl (C=O) groups is 1. The Bertz CT molecular complexity index is 748. The van der Waals surface area contributed by atoms with E-state index in [1.165, 1.54) is 0 Å². The van der Waals surface area contributed by atoms with Crippen LogP contribution in [0.15, 0.2) is 42.5 Å². The Kier molecular flexibility index (Phi) is 5.94. The molecule has 0 spiro atoms. The summed E-state index contributed by atoms with van der Waals surface area (Å²) in [6, 6.07) is 13.9. The standard InChI is InChI=1S/C22H27NO3/c1-4-23(15-20-6-5-13-26-20)22(24)18-9-7-17(8-10-18)21-12-11-19(25-3)14-16(21)2/h7-12,14,20H,4-6,13,15H2,1-3H3/t20-/m1/s1. The Labute approximate surface area is 155 Å². The van der Waals surface area contributed by atoms with Crippen molar-refractivity contribution < 1.29 is 14.3 Å². The number of ether oxygens (including phenoxy) is 2. The van der Waals surface area contributed by atoms with Crippen LogP contribution in [0.4, 0.5) is 0 Å². The minimum absolute atomic E-state index is 0.0704. The van der Waals surface area contributed by atoms with Gasteiger partial charge in [-0.3, -0.25) is 4.79 Å². The molecule has 2 aromatic rings. The summed E-state index contributed by atoms with van der Waals surface area (Å²) in [6.07, 6.45) is 2.31. The first-order chi connectivity index (χ1) is 12.6. The predicted molar refractivity (Wildman–Crippen MR) is 104 cm³/mol. The number of hydrogen-bond donors (Lipinski definition) is 0. The molecule has 1 atom stereocenters. The SMILES string of the molecule is CCN(C[C@H]1CCCO1)C(=O)c1ccc(-c2ccc(OC)cc2C)cc1. The molecule has 3 rings (SSSR count). The van der Waals surface area contributed by atoms with Gasteiger partial charge in [-0.2, -0.15) is 0 Å². The number of rotatable bonds is 6. The molecule has 1 aliphatic rings. The van der Waals surface area contributed by atoms with Crippen molar-refractivity contribution in [2.75, 3.05) is 26.8 Å². The molecule has 1 heterocycles. The van der Waals surface area contributed by atoms with Gasteiger partial charge in [-0.05, 0) is 67.6 Å². The number of aryl methyl sites for hydroxylation is 1. The Balaban J connectivity index is 1.74. The van der Waals surface area contributed by atoms with Gasteiger partial charge in [0.1, 0.15) is 5.75 Å². The maximum Gasteiger partial charge on any atom is 0.253 e. The van der Waals surface area contributed by atoms with Crippen LogP contribution in [0, 0.1) is 6.92 Å². The molecule has 26 heavy (non-hydrogen) atoms. The topological polar surface area (TPSA) is 38.8 Å². The lowest BCUT2D eigenvalue weighted by Gasteiger charge is -2.24. The highest BCUT2D eigenvalue weighted by Gasteiger charge is 2.22. The van der Waals surface area contributed by atoms with Gasteiger partial charge in [0.05, 0.1) is 13.2 Å². The molecule has 0 unspecified atom stereocenters. The monoisotopic (exact) mass is 353 g/mol. The van der Waals surface area contributed by atoms with Crippen LogP contribution < -0.4 is 4.74 Å². The van der Waals surface area contributed by atoms with E-state index in [0.29, 0.717) is 13.1 Å². The van der Waals surface area contributed by atoms with Gasteiger partial charge in [0.2, 0.25) is 0 Å². The summed E-state index contributed by atoms with van der Waals surface area (Å²) in [5, 5.41) is 0. The Morgan fingerprint density at radius 3 is 2.58 bits per heavy atom. The molecule has 0 saturated carbocycles. The number of hydrogen-bond acceptors (Lipinski definition) is 3. The van der Waals surface area contributed by atoms with Crippen LogP contribution in [0.1, 0.15) is 35.7 Å². The van der Waals surface area contributed by atoms with Gasteiger partial charge in [0, 0.05) is 25.3 Å². The number of amides is 1. The number of likely N-dealkylation sites (N-methyl/N-ethyl adjacent to an activating group) is 1. The quantitative estimate of drug-likeness (QED) is 0.777. The maximum atomic E-state index is 12.8. The molecule has 4 nitrogen and oxygen atoms in total. The first kappa shape index (κ1) is 18.5. The van der Waals surface area contributed by atoms with Gasteiger partial charge in [-0.15, -0.1) is 0 Å². The Hall–Kier alpha value is -2.33. The van der Waals surface area contributed by atoms with E-state index in [4.69, 9.17) is 9.47 Å². The van der Waals surface area contributed by atoms with Gasteiger partial charge >= 0.3 is 0 Å². The summed E-state index contributed by atoms with van der Waals surface area (Å²) >= 11 is 0. The van der Waals surface area contributed by atoms with Crippen molar-refractivity contribution in [2.24, 2.45) is 0 Å². The number of carbonyl (C=O) groups excluding carboxylic acids is 1. The third kappa shape index (κ3) is 4.07. The molecular weight excluding hydrogens is 326 g/mol. The van der Waals surface area contributed by atoms with Crippen molar-refractivity contribution in [2.45, 2.75) is 32.8 Å². The van der Waals surface area contributed by atoms with E-state index in [1.807, 2.05) is 48.2 Å². The molecule has 1 saturated heterocycles. The van der Waals surface area contributed by atoms with E-state index < -0.39 is 0 Å². The summed E-state index contributed by atoms with van der Waals surface area (Å²) in [4.78, 5) is 14.7. The van der Waals surface area contributed by atoms with Crippen LogP contribution in [0.2, 0.25) is 0 Å². The number of nitrogens with zero attached hydrogens (tertiary/aromatic N) is 1. The fourth-order valence-electron chi connectivity index (χ4n) is 3.45. The Morgan fingerprint density at radius 2 is 2.00 bits per heavy atom. The highest BCUT2D eigenvalue weighted by atomic mass is 16.5. The second-order valence-corrected chi connectivity index (χ2v) is 6.74. The number of benzene rings is 2. The average Bonchev–Trinajstić information content (AvgIpc) is 3.19. The zero-order valence-corrected chi connectivity index (χ0v) is 15.8. The molecule has 0 aromatic heterocycles. The largest absolute Gasteiger partial charge is 0.497 e. The number of methoxy groups -OCH3 is 1. The molecule has 138 valence electrons. The summed E-state index contributed by atoms with van der Waals surface area (Å²) < 4.78 is 10.9. The normalized spacial score (nSPS) is 16.5. The molecule has 1 fully saturated rings. The van der Waals surface area contributed by atoms with Crippen molar-refractivity contribution >= 4 is 5.91 Å². The van der Waals surface area contributed by atoms with Crippen LogP contribution in [0.3, 0.4) is 0 Å².